The number of fused-ring (bicyclic) bond motifs is 2. The molecule has 1 aliphatic rings. The molecule has 6 nitrogen and oxygen atoms in total. The van der Waals surface area contributed by atoms with Gasteiger partial charge in [-0.25, -0.2) is 0 Å². The number of aliphatic hydroxyl groups is 1. The van der Waals surface area contributed by atoms with E-state index < -0.39 is 40.3 Å². The van der Waals surface area contributed by atoms with Gasteiger partial charge in [0.1, 0.15) is 0 Å². The molecule has 11 heteroatoms. The summed E-state index contributed by atoms with van der Waals surface area (Å²) in [5.41, 5.74) is -0.202. The highest BCUT2D eigenvalue weighted by atomic mass is 35.5. The molecular formula is C26H26Cl2F3N3O3. The number of amides is 2. The number of primary amides is 1. The zero-order valence-corrected chi connectivity index (χ0v) is 21.7. The van der Waals surface area contributed by atoms with Crippen molar-refractivity contribution >= 4 is 52.3 Å². The van der Waals surface area contributed by atoms with Crippen LogP contribution in [0, 0.1) is 0 Å². The van der Waals surface area contributed by atoms with Crippen molar-refractivity contribution in [2.45, 2.75) is 25.6 Å². The largest absolute Gasteiger partial charge is 0.416 e. The second-order valence-corrected chi connectivity index (χ2v) is 9.06. The Balaban J connectivity index is 0.00000380. The van der Waals surface area contributed by atoms with Crippen LogP contribution >= 0.6 is 24.0 Å². The van der Waals surface area contributed by atoms with E-state index in [9.17, 15) is 27.9 Å². The van der Waals surface area contributed by atoms with Crippen molar-refractivity contribution in [1.82, 2.24) is 4.90 Å². The lowest BCUT2D eigenvalue weighted by atomic mass is 9.83. The van der Waals surface area contributed by atoms with Crippen LogP contribution in [0.3, 0.4) is 0 Å². The van der Waals surface area contributed by atoms with E-state index >= 15 is 0 Å². The smallest absolute Gasteiger partial charge is 0.372 e. The Morgan fingerprint density at radius 3 is 2.24 bits per heavy atom. The predicted molar refractivity (Wildman–Crippen MR) is 139 cm³/mol. The predicted octanol–water partition coefficient (Wildman–Crippen LogP) is 4.96. The van der Waals surface area contributed by atoms with Crippen LogP contribution in [0.4, 0.5) is 18.9 Å². The maximum atomic E-state index is 14.3. The number of halogens is 5. The Morgan fingerprint density at radius 1 is 1.11 bits per heavy atom. The number of carbonyl (C=O) groups excluding carboxylic acids is 2. The maximum Gasteiger partial charge on any atom is 0.416 e. The molecule has 1 unspecified atom stereocenters. The normalized spacial score (nSPS) is 17.3. The standard InChI is InChI=1S/C26H25ClF3N3O3.ClH/c1-3-32(4-2)9-10-33-21-14-17(23(31)34)12-19(26(28,29)30)22(21)25(36,24(33)35)18-11-15-7-5-6-8-16(15)13-20(18)27;/h5-8,11-14,36H,3-4,9-10H2,1-2H3,(H2,31,34);1H. The lowest BCUT2D eigenvalue weighted by molar-refractivity contribution is -0.142. The Kier molecular flexibility index (Phi) is 8.14. The van der Waals surface area contributed by atoms with Crippen LogP contribution in [0.5, 0.6) is 0 Å². The van der Waals surface area contributed by atoms with Gasteiger partial charge in [0.05, 0.1) is 11.3 Å². The van der Waals surface area contributed by atoms with Crippen LogP contribution in [0.25, 0.3) is 10.8 Å². The molecule has 198 valence electrons. The Bertz CT molecular complexity index is 1360. The van der Waals surface area contributed by atoms with E-state index in [1.54, 1.807) is 24.3 Å². The summed E-state index contributed by atoms with van der Waals surface area (Å²) in [4.78, 5) is 28.8. The summed E-state index contributed by atoms with van der Waals surface area (Å²) in [5.74, 6) is -2.06. The summed E-state index contributed by atoms with van der Waals surface area (Å²) in [5, 5.41) is 13.2. The molecule has 3 aromatic carbocycles. The van der Waals surface area contributed by atoms with Crippen molar-refractivity contribution in [3.63, 3.8) is 0 Å². The minimum atomic E-state index is -5.00. The van der Waals surface area contributed by atoms with Gasteiger partial charge in [-0.3, -0.25) is 9.59 Å². The summed E-state index contributed by atoms with van der Waals surface area (Å²) in [6, 6.07) is 11.6. The van der Waals surface area contributed by atoms with E-state index in [0.717, 1.165) is 11.0 Å². The molecule has 0 spiro atoms. The molecule has 0 fully saturated rings. The second kappa shape index (κ2) is 10.5. The molecule has 37 heavy (non-hydrogen) atoms. The number of likely N-dealkylation sites (N-methyl/N-ethyl adjacent to an activating group) is 1. The van der Waals surface area contributed by atoms with Gasteiger partial charge in [-0.15, -0.1) is 12.4 Å². The number of rotatable bonds is 7. The number of nitrogens with two attached hydrogens (primary N) is 1. The molecule has 2 amide bonds. The molecule has 0 bridgehead atoms. The number of nitrogens with zero attached hydrogens (tertiary/aromatic N) is 2. The van der Waals surface area contributed by atoms with E-state index in [2.05, 4.69) is 0 Å². The van der Waals surface area contributed by atoms with E-state index in [1.165, 1.54) is 12.1 Å². The van der Waals surface area contributed by atoms with Crippen LogP contribution in [0.15, 0.2) is 48.5 Å². The SMILES string of the molecule is CCN(CC)CCN1C(=O)C(O)(c2cc3ccccc3cc2Cl)c2c1cc(C(N)=O)cc2C(F)(F)F.Cl. The van der Waals surface area contributed by atoms with Crippen LogP contribution in [0.1, 0.15) is 40.9 Å². The van der Waals surface area contributed by atoms with E-state index in [0.29, 0.717) is 36.5 Å². The van der Waals surface area contributed by atoms with E-state index in [4.69, 9.17) is 17.3 Å². The van der Waals surface area contributed by atoms with Crippen molar-refractivity contribution < 1.29 is 27.9 Å². The molecule has 1 heterocycles. The van der Waals surface area contributed by atoms with Crippen LogP contribution in [-0.2, 0) is 16.6 Å². The van der Waals surface area contributed by atoms with Crippen molar-refractivity contribution in [2.75, 3.05) is 31.1 Å². The minimum Gasteiger partial charge on any atom is -0.372 e. The van der Waals surface area contributed by atoms with Crippen molar-refractivity contribution in [2.24, 2.45) is 5.73 Å². The zero-order chi connectivity index (χ0) is 26.4. The first kappa shape index (κ1) is 28.7. The first-order chi connectivity index (χ1) is 16.9. The fraction of sp³-hybridized carbons (Fsp3) is 0.308. The third-order valence-corrected chi connectivity index (χ3v) is 6.99. The number of anilines is 1. The van der Waals surface area contributed by atoms with Gasteiger partial charge in [0.2, 0.25) is 5.91 Å². The maximum absolute atomic E-state index is 14.3. The summed E-state index contributed by atoms with van der Waals surface area (Å²) in [6.07, 6.45) is -5.00. The van der Waals surface area contributed by atoms with Gasteiger partial charge in [-0.1, -0.05) is 49.7 Å². The Morgan fingerprint density at radius 2 is 1.70 bits per heavy atom. The van der Waals surface area contributed by atoms with Crippen LogP contribution in [-0.4, -0.2) is 48.0 Å². The second-order valence-electron chi connectivity index (χ2n) is 8.65. The van der Waals surface area contributed by atoms with Crippen molar-refractivity contribution in [3.05, 3.63) is 75.8 Å². The first-order valence-electron chi connectivity index (χ1n) is 11.4. The molecular weight excluding hydrogens is 530 g/mol. The fourth-order valence-electron chi connectivity index (χ4n) is 4.74. The molecule has 1 aliphatic heterocycles. The molecule has 0 saturated carbocycles. The molecule has 1 atom stereocenters. The van der Waals surface area contributed by atoms with Gasteiger partial charge >= 0.3 is 6.18 Å². The molecule has 0 aromatic heterocycles. The number of carbonyl (C=O) groups is 2. The fourth-order valence-corrected chi connectivity index (χ4v) is 5.05. The topological polar surface area (TPSA) is 86.9 Å². The average molecular weight is 556 g/mol. The summed E-state index contributed by atoms with van der Waals surface area (Å²) < 4.78 is 43.0. The van der Waals surface area contributed by atoms with Gasteiger partial charge in [0.25, 0.3) is 5.91 Å². The monoisotopic (exact) mass is 555 g/mol. The van der Waals surface area contributed by atoms with Crippen molar-refractivity contribution in [1.29, 1.82) is 0 Å². The molecule has 0 radical (unpaired) electrons. The van der Waals surface area contributed by atoms with E-state index in [-0.39, 0.29) is 35.2 Å². The van der Waals surface area contributed by atoms with Crippen LogP contribution in [0.2, 0.25) is 5.02 Å². The minimum absolute atomic E-state index is 0. The van der Waals surface area contributed by atoms with Gasteiger partial charge in [0, 0.05) is 34.8 Å². The highest BCUT2D eigenvalue weighted by Gasteiger charge is 2.56. The van der Waals surface area contributed by atoms with E-state index in [1.807, 2.05) is 18.7 Å². The summed E-state index contributed by atoms with van der Waals surface area (Å²) >= 11 is 6.48. The number of hydrogen-bond acceptors (Lipinski definition) is 4. The van der Waals surface area contributed by atoms with Crippen LogP contribution < -0.4 is 10.6 Å². The van der Waals surface area contributed by atoms with Gasteiger partial charge in [0.15, 0.2) is 5.60 Å². The summed E-state index contributed by atoms with van der Waals surface area (Å²) in [6.45, 7) is 5.47. The Hall–Kier alpha value is -2.85. The molecule has 4 rings (SSSR count). The number of alkyl halides is 3. The molecule has 0 saturated heterocycles. The lowest BCUT2D eigenvalue weighted by Gasteiger charge is -2.27. The number of benzene rings is 3. The van der Waals surface area contributed by atoms with Gasteiger partial charge in [-0.2, -0.15) is 13.2 Å². The van der Waals surface area contributed by atoms with Crippen molar-refractivity contribution in [3.8, 4) is 0 Å². The van der Waals surface area contributed by atoms with Gasteiger partial charge in [-0.05, 0) is 48.1 Å². The highest BCUT2D eigenvalue weighted by Crippen LogP contribution is 2.52. The highest BCUT2D eigenvalue weighted by molar-refractivity contribution is 6.33. The first-order valence-corrected chi connectivity index (χ1v) is 11.8. The molecule has 3 aromatic rings. The Labute approximate surface area is 223 Å². The lowest BCUT2D eigenvalue weighted by Crippen LogP contribution is -2.44. The number of hydrogen-bond donors (Lipinski definition) is 2. The molecule has 3 N–H and O–H groups in total. The zero-order valence-electron chi connectivity index (χ0n) is 20.1. The third kappa shape index (κ3) is 4.88. The average Bonchev–Trinajstić information content (AvgIpc) is 3.05. The summed E-state index contributed by atoms with van der Waals surface area (Å²) in [7, 11) is 0. The molecule has 0 aliphatic carbocycles. The van der Waals surface area contributed by atoms with Gasteiger partial charge < -0.3 is 20.6 Å². The quantitative estimate of drug-likeness (QED) is 0.431. The third-order valence-electron chi connectivity index (χ3n) is 6.67.